The Bertz CT molecular complexity index is 494. The third-order valence-electron chi connectivity index (χ3n) is 4.13. The summed E-state index contributed by atoms with van der Waals surface area (Å²) in [6, 6.07) is 0.151. The van der Waals surface area contributed by atoms with Crippen LogP contribution in [0.15, 0.2) is 28.4 Å². The number of allylic oxidation sites excluding steroid dienone is 1. The summed E-state index contributed by atoms with van der Waals surface area (Å²) >= 11 is 0. The van der Waals surface area contributed by atoms with Gasteiger partial charge in [0.05, 0.1) is 6.42 Å². The van der Waals surface area contributed by atoms with Gasteiger partial charge in [-0.3, -0.25) is 14.8 Å². The number of fused-ring (bicyclic) bond motifs is 3. The molecular weight excluding hydrogens is 252 g/mol. The predicted octanol–water partition coefficient (Wildman–Crippen LogP) is 1.35. The molecule has 0 spiro atoms. The van der Waals surface area contributed by atoms with Gasteiger partial charge in [0.25, 0.3) is 0 Å². The molecule has 3 heterocycles. The first-order valence-electron chi connectivity index (χ1n) is 7.44. The Morgan fingerprint density at radius 1 is 1.55 bits per heavy atom. The van der Waals surface area contributed by atoms with E-state index in [1.807, 2.05) is 6.21 Å². The summed E-state index contributed by atoms with van der Waals surface area (Å²) in [7, 11) is 0. The molecule has 1 fully saturated rings. The van der Waals surface area contributed by atoms with E-state index >= 15 is 0 Å². The molecule has 0 aromatic rings. The lowest BCUT2D eigenvalue weighted by molar-refractivity contribution is -0.122. The quantitative estimate of drug-likeness (QED) is 0.764. The Morgan fingerprint density at radius 2 is 2.40 bits per heavy atom. The zero-order valence-corrected chi connectivity index (χ0v) is 12.1. The van der Waals surface area contributed by atoms with E-state index in [0.717, 1.165) is 19.4 Å². The number of hydrogen-bond donors (Lipinski definition) is 2. The Morgan fingerprint density at radius 3 is 3.20 bits per heavy atom. The van der Waals surface area contributed by atoms with E-state index in [4.69, 9.17) is 0 Å². The van der Waals surface area contributed by atoms with Gasteiger partial charge in [-0.2, -0.15) is 0 Å². The molecule has 0 aromatic heterocycles. The molecule has 1 saturated heterocycles. The smallest absolute Gasteiger partial charge is 0.224 e. The fraction of sp³-hybridized carbons (Fsp3) is 0.600. The van der Waals surface area contributed by atoms with E-state index in [1.54, 1.807) is 0 Å². The number of rotatable bonds is 3. The number of carbonyl (C=O) groups is 1. The van der Waals surface area contributed by atoms with Crippen LogP contribution in [0, 0.1) is 5.92 Å². The van der Waals surface area contributed by atoms with Crippen LogP contribution in [-0.2, 0) is 4.79 Å². The topological polar surface area (TPSA) is 56.7 Å². The molecule has 3 aliphatic heterocycles. The van der Waals surface area contributed by atoms with Crippen molar-refractivity contribution in [2.24, 2.45) is 10.9 Å². The zero-order valence-electron chi connectivity index (χ0n) is 12.1. The average molecular weight is 274 g/mol. The molecular formula is C15H22N4O. The van der Waals surface area contributed by atoms with Crippen LogP contribution >= 0.6 is 0 Å². The van der Waals surface area contributed by atoms with Crippen molar-refractivity contribution in [1.82, 2.24) is 15.8 Å². The van der Waals surface area contributed by atoms with Crippen LogP contribution in [0.4, 0.5) is 0 Å². The van der Waals surface area contributed by atoms with Crippen LogP contribution in [0.3, 0.4) is 0 Å². The number of amides is 1. The van der Waals surface area contributed by atoms with Crippen LogP contribution in [-0.4, -0.2) is 35.9 Å². The van der Waals surface area contributed by atoms with Crippen molar-refractivity contribution >= 4 is 12.1 Å². The van der Waals surface area contributed by atoms with Gasteiger partial charge in [0.1, 0.15) is 0 Å². The number of hydrazine groups is 1. The fourth-order valence-electron chi connectivity index (χ4n) is 3.32. The van der Waals surface area contributed by atoms with Crippen molar-refractivity contribution in [3.63, 3.8) is 0 Å². The average Bonchev–Trinajstić information content (AvgIpc) is 2.43. The van der Waals surface area contributed by atoms with Gasteiger partial charge in [-0.1, -0.05) is 13.0 Å². The minimum atomic E-state index is 0.0431. The summed E-state index contributed by atoms with van der Waals surface area (Å²) < 4.78 is 0. The molecule has 0 bridgehead atoms. The predicted molar refractivity (Wildman–Crippen MR) is 78.9 cm³/mol. The van der Waals surface area contributed by atoms with Crippen molar-refractivity contribution < 1.29 is 4.79 Å². The van der Waals surface area contributed by atoms with E-state index in [9.17, 15) is 4.79 Å². The first-order chi connectivity index (χ1) is 9.70. The molecule has 1 amide bonds. The molecule has 0 radical (unpaired) electrons. The molecule has 3 atom stereocenters. The Balaban J connectivity index is 1.94. The number of nitrogens with zero attached hydrogens (tertiary/aromatic N) is 2. The van der Waals surface area contributed by atoms with Gasteiger partial charge in [0, 0.05) is 37.3 Å². The summed E-state index contributed by atoms with van der Waals surface area (Å²) in [5, 5.41) is 5.13. The monoisotopic (exact) mass is 274 g/mol. The van der Waals surface area contributed by atoms with Crippen LogP contribution in [0.1, 0.15) is 33.1 Å². The number of dihydropyridines is 1. The summed E-state index contributed by atoms with van der Waals surface area (Å²) in [5.41, 5.74) is 5.92. The molecule has 2 N–H and O–H groups in total. The lowest BCUT2D eigenvalue weighted by Crippen LogP contribution is -2.54. The summed E-state index contributed by atoms with van der Waals surface area (Å²) in [5.74, 6) is 0.420. The van der Waals surface area contributed by atoms with Crippen molar-refractivity contribution in [1.29, 1.82) is 0 Å². The van der Waals surface area contributed by atoms with Gasteiger partial charge >= 0.3 is 0 Å². The molecule has 0 aromatic carbocycles. The van der Waals surface area contributed by atoms with Gasteiger partial charge in [0.2, 0.25) is 5.91 Å². The molecule has 20 heavy (non-hydrogen) atoms. The molecule has 0 saturated carbocycles. The molecule has 108 valence electrons. The molecule has 5 nitrogen and oxygen atoms in total. The maximum absolute atomic E-state index is 11.8. The van der Waals surface area contributed by atoms with E-state index in [2.05, 4.69) is 46.9 Å². The van der Waals surface area contributed by atoms with Crippen LogP contribution < -0.4 is 10.7 Å². The van der Waals surface area contributed by atoms with Gasteiger partial charge in [-0.05, 0) is 24.5 Å². The largest absolute Gasteiger partial charge is 0.352 e. The van der Waals surface area contributed by atoms with Gasteiger partial charge in [0.15, 0.2) is 6.17 Å². The molecule has 5 heteroatoms. The SMILES string of the molecule is CCCNN1C=C2CC(=O)NC(C)C2C2=CCC=NC21. The van der Waals surface area contributed by atoms with Crippen LogP contribution in [0.2, 0.25) is 0 Å². The molecule has 0 aliphatic carbocycles. The Hall–Kier alpha value is -1.62. The summed E-state index contributed by atoms with van der Waals surface area (Å²) in [4.78, 5) is 16.4. The highest BCUT2D eigenvalue weighted by Gasteiger charge is 2.40. The minimum absolute atomic E-state index is 0.0431. The number of hydrogen-bond acceptors (Lipinski definition) is 4. The highest BCUT2D eigenvalue weighted by Crippen LogP contribution is 2.38. The zero-order chi connectivity index (χ0) is 14.1. The van der Waals surface area contributed by atoms with Crippen molar-refractivity contribution in [2.75, 3.05) is 6.54 Å². The van der Waals surface area contributed by atoms with Crippen LogP contribution in [0.25, 0.3) is 0 Å². The first-order valence-corrected chi connectivity index (χ1v) is 7.44. The lowest BCUT2D eigenvalue weighted by Gasteiger charge is -2.44. The van der Waals surface area contributed by atoms with E-state index in [-0.39, 0.29) is 18.1 Å². The highest BCUT2D eigenvalue weighted by atomic mass is 16.1. The van der Waals surface area contributed by atoms with Crippen LogP contribution in [0.5, 0.6) is 0 Å². The first kappa shape index (κ1) is 13.4. The summed E-state index contributed by atoms with van der Waals surface area (Å²) in [6.07, 6.45) is 8.83. The van der Waals surface area contributed by atoms with Gasteiger partial charge in [-0.25, -0.2) is 5.43 Å². The van der Waals surface area contributed by atoms with Gasteiger partial charge < -0.3 is 5.32 Å². The highest BCUT2D eigenvalue weighted by molar-refractivity contribution is 5.81. The maximum atomic E-state index is 11.8. The minimum Gasteiger partial charge on any atom is -0.352 e. The van der Waals surface area contributed by atoms with E-state index in [1.165, 1.54) is 11.1 Å². The number of piperidine rings is 1. The number of nitrogens with one attached hydrogen (secondary N) is 2. The fourth-order valence-corrected chi connectivity index (χ4v) is 3.32. The van der Waals surface area contributed by atoms with Gasteiger partial charge in [-0.15, -0.1) is 0 Å². The third-order valence-corrected chi connectivity index (χ3v) is 4.13. The normalized spacial score (nSPS) is 32.0. The van der Waals surface area contributed by atoms with Crippen molar-refractivity contribution in [3.05, 3.63) is 23.4 Å². The Kier molecular flexibility index (Phi) is 3.61. The number of carbonyl (C=O) groups excluding carboxylic acids is 1. The second kappa shape index (κ2) is 5.40. The second-order valence-corrected chi connectivity index (χ2v) is 5.68. The molecule has 3 aliphatic rings. The van der Waals surface area contributed by atoms with E-state index < -0.39 is 0 Å². The lowest BCUT2D eigenvalue weighted by atomic mass is 9.77. The Labute approximate surface area is 119 Å². The molecule has 3 rings (SSSR count). The third kappa shape index (κ3) is 2.26. The van der Waals surface area contributed by atoms with Crippen molar-refractivity contribution in [2.45, 2.75) is 45.3 Å². The summed E-state index contributed by atoms with van der Waals surface area (Å²) in [6.45, 7) is 5.14. The second-order valence-electron chi connectivity index (χ2n) is 5.68. The number of aliphatic imine (C=N–C) groups is 1. The molecule has 3 unspecified atom stereocenters. The maximum Gasteiger partial charge on any atom is 0.224 e. The van der Waals surface area contributed by atoms with E-state index in [0.29, 0.717) is 12.3 Å². The standard InChI is InChI=1S/C15H22N4O/c1-3-6-17-19-9-11-8-13(20)18-10(2)14(11)12-5-4-7-16-15(12)19/h5,7,9-10,14-15,17H,3-4,6,8H2,1-2H3,(H,18,20). The van der Waals surface area contributed by atoms with Crippen molar-refractivity contribution in [3.8, 4) is 0 Å².